The van der Waals surface area contributed by atoms with Gasteiger partial charge in [-0.1, -0.05) is 12.1 Å². The molecule has 102 valence electrons. The summed E-state index contributed by atoms with van der Waals surface area (Å²) in [5.41, 5.74) is 0.589. The lowest BCUT2D eigenvalue weighted by molar-refractivity contribution is 0.450. The van der Waals surface area contributed by atoms with Crippen LogP contribution in [-0.4, -0.2) is 24.5 Å². The summed E-state index contributed by atoms with van der Waals surface area (Å²) >= 11 is 0. The van der Waals surface area contributed by atoms with Crippen LogP contribution in [0.3, 0.4) is 0 Å². The molecule has 1 aliphatic rings. The normalized spacial score (nSPS) is 15.9. The van der Waals surface area contributed by atoms with E-state index < -0.39 is 10.0 Å². The molecule has 1 aliphatic heterocycles. The van der Waals surface area contributed by atoms with Gasteiger partial charge in [0.2, 0.25) is 0 Å². The van der Waals surface area contributed by atoms with Crippen LogP contribution < -0.4 is 5.32 Å². The summed E-state index contributed by atoms with van der Waals surface area (Å²) in [5, 5.41) is 21.9. The average Bonchev–Trinajstić information content (AvgIpc) is 2.38. The summed E-state index contributed by atoms with van der Waals surface area (Å²) in [7, 11) is -3.81. The van der Waals surface area contributed by atoms with Crippen molar-refractivity contribution in [2.24, 2.45) is 4.40 Å². The first kappa shape index (κ1) is 12.5. The van der Waals surface area contributed by atoms with E-state index >= 15 is 0 Å². The number of anilines is 1. The van der Waals surface area contributed by atoms with E-state index in [1.54, 1.807) is 18.2 Å². The van der Waals surface area contributed by atoms with Crippen LogP contribution in [0.2, 0.25) is 0 Å². The molecule has 20 heavy (non-hydrogen) atoms. The Labute approximate surface area is 115 Å². The number of rotatable bonds is 1. The quantitative estimate of drug-likeness (QED) is 0.741. The van der Waals surface area contributed by atoms with Gasteiger partial charge in [-0.25, -0.2) is 0 Å². The molecule has 0 aromatic heterocycles. The molecule has 0 bridgehead atoms. The van der Waals surface area contributed by atoms with Crippen molar-refractivity contribution in [2.75, 3.05) is 5.32 Å². The fourth-order valence-electron chi connectivity index (χ4n) is 1.95. The fourth-order valence-corrected chi connectivity index (χ4v) is 3.08. The highest BCUT2D eigenvalue weighted by molar-refractivity contribution is 7.90. The molecule has 0 spiro atoms. The van der Waals surface area contributed by atoms with E-state index in [1.165, 1.54) is 18.2 Å². The van der Waals surface area contributed by atoms with Crippen LogP contribution in [0.4, 0.5) is 5.69 Å². The largest absolute Gasteiger partial charge is 0.508 e. The lowest BCUT2D eigenvalue weighted by atomic mass is 10.1. The Bertz CT molecular complexity index is 828. The summed E-state index contributed by atoms with van der Waals surface area (Å²) in [5.74, 6) is -0.363. The summed E-state index contributed by atoms with van der Waals surface area (Å²) in [4.78, 5) is 0.0852. The number of para-hydroxylation sites is 1. The van der Waals surface area contributed by atoms with Crippen LogP contribution in [0.15, 0.2) is 51.8 Å². The second kappa shape index (κ2) is 4.24. The minimum Gasteiger partial charge on any atom is -0.508 e. The number of fused-ring (bicyclic) bond motifs is 1. The topological polar surface area (TPSA) is 99.0 Å². The molecule has 0 aliphatic carbocycles. The summed E-state index contributed by atoms with van der Waals surface area (Å²) in [6.45, 7) is 0. The van der Waals surface area contributed by atoms with Crippen molar-refractivity contribution in [3.63, 3.8) is 0 Å². The van der Waals surface area contributed by atoms with Gasteiger partial charge in [0.25, 0.3) is 10.0 Å². The summed E-state index contributed by atoms with van der Waals surface area (Å²) in [6.07, 6.45) is 0. The van der Waals surface area contributed by atoms with E-state index in [2.05, 4.69) is 9.71 Å². The molecule has 3 N–H and O–H groups in total. The Balaban J connectivity index is 2.17. The molecule has 0 saturated carbocycles. The van der Waals surface area contributed by atoms with E-state index in [0.29, 0.717) is 5.69 Å². The van der Waals surface area contributed by atoms with Gasteiger partial charge in [-0.2, -0.15) is 8.42 Å². The van der Waals surface area contributed by atoms with Crippen LogP contribution in [0.25, 0.3) is 0 Å². The zero-order valence-corrected chi connectivity index (χ0v) is 10.9. The molecule has 7 heteroatoms. The van der Waals surface area contributed by atoms with Crippen LogP contribution in [0, 0.1) is 0 Å². The van der Waals surface area contributed by atoms with Gasteiger partial charge in [0.1, 0.15) is 16.4 Å². The molecule has 0 atom stereocenters. The third kappa shape index (κ3) is 1.97. The molecular weight excluding hydrogens is 280 g/mol. The molecule has 0 fully saturated rings. The van der Waals surface area contributed by atoms with Crippen molar-refractivity contribution in [2.45, 2.75) is 4.90 Å². The number of nitrogens with zero attached hydrogens (tertiary/aromatic N) is 1. The standard InChI is InChI=1S/C13H10N2O4S/c16-8-5-6-9(11(17)7-8)13-14-10-3-1-2-4-12(10)20(18,19)15-13/h1-7,16-17H,(H,14,15). The summed E-state index contributed by atoms with van der Waals surface area (Å²) in [6, 6.07) is 10.2. The third-order valence-electron chi connectivity index (χ3n) is 2.87. The molecule has 0 unspecified atom stereocenters. The van der Waals surface area contributed by atoms with Crippen LogP contribution >= 0.6 is 0 Å². The van der Waals surface area contributed by atoms with Crippen molar-refractivity contribution in [1.29, 1.82) is 0 Å². The minimum absolute atomic E-state index is 0.0150. The first-order valence-corrected chi connectivity index (χ1v) is 7.15. The maximum Gasteiger partial charge on any atom is 0.286 e. The molecule has 1 heterocycles. The second-order valence-electron chi connectivity index (χ2n) is 4.24. The lowest BCUT2D eigenvalue weighted by Gasteiger charge is -2.18. The minimum atomic E-state index is -3.81. The van der Waals surface area contributed by atoms with Crippen LogP contribution in [0.1, 0.15) is 5.56 Å². The maximum atomic E-state index is 12.1. The molecule has 2 aromatic carbocycles. The van der Waals surface area contributed by atoms with Crippen molar-refractivity contribution >= 4 is 21.5 Å². The molecule has 2 aromatic rings. The van der Waals surface area contributed by atoms with E-state index in [1.807, 2.05) is 0 Å². The van der Waals surface area contributed by atoms with Gasteiger partial charge in [-0.05, 0) is 24.3 Å². The van der Waals surface area contributed by atoms with Gasteiger partial charge >= 0.3 is 0 Å². The molecule has 0 saturated heterocycles. The van der Waals surface area contributed by atoms with Gasteiger partial charge in [0, 0.05) is 6.07 Å². The number of benzene rings is 2. The number of nitrogens with one attached hydrogen (secondary N) is 1. The third-order valence-corrected chi connectivity index (χ3v) is 4.20. The number of phenolic OH excluding ortho intramolecular Hbond substituents is 2. The second-order valence-corrected chi connectivity index (χ2v) is 5.81. The van der Waals surface area contributed by atoms with Crippen molar-refractivity contribution < 1.29 is 18.6 Å². The molecule has 3 rings (SSSR count). The van der Waals surface area contributed by atoms with Gasteiger partial charge in [0.05, 0.1) is 11.3 Å². The van der Waals surface area contributed by atoms with E-state index in [0.717, 1.165) is 6.07 Å². The van der Waals surface area contributed by atoms with Gasteiger partial charge in [0.15, 0.2) is 5.84 Å². The first-order valence-electron chi connectivity index (χ1n) is 5.71. The van der Waals surface area contributed by atoms with Gasteiger partial charge in [-0.3, -0.25) is 0 Å². The number of phenols is 2. The fraction of sp³-hybridized carbons (Fsp3) is 0. The van der Waals surface area contributed by atoms with Gasteiger partial charge < -0.3 is 15.5 Å². The van der Waals surface area contributed by atoms with Crippen LogP contribution in [-0.2, 0) is 10.0 Å². The Kier molecular flexibility index (Phi) is 2.65. The Morgan fingerprint density at radius 2 is 1.80 bits per heavy atom. The highest BCUT2D eigenvalue weighted by atomic mass is 32.2. The number of amidine groups is 1. The van der Waals surface area contributed by atoms with E-state index in [-0.39, 0.29) is 27.8 Å². The average molecular weight is 290 g/mol. The maximum absolute atomic E-state index is 12.1. The zero-order chi connectivity index (χ0) is 14.3. The molecule has 6 nitrogen and oxygen atoms in total. The highest BCUT2D eigenvalue weighted by Crippen LogP contribution is 2.31. The van der Waals surface area contributed by atoms with Crippen molar-refractivity contribution in [3.8, 4) is 11.5 Å². The van der Waals surface area contributed by atoms with Gasteiger partial charge in [-0.15, -0.1) is 4.40 Å². The highest BCUT2D eigenvalue weighted by Gasteiger charge is 2.26. The first-order chi connectivity index (χ1) is 9.47. The van der Waals surface area contributed by atoms with E-state index in [9.17, 15) is 18.6 Å². The van der Waals surface area contributed by atoms with E-state index in [4.69, 9.17) is 0 Å². The number of hydrogen-bond acceptors (Lipinski definition) is 5. The Morgan fingerprint density at radius 3 is 2.55 bits per heavy atom. The van der Waals surface area contributed by atoms with Crippen LogP contribution in [0.5, 0.6) is 11.5 Å². The number of sulfonamides is 1. The lowest BCUT2D eigenvalue weighted by Crippen LogP contribution is -2.22. The molecule has 0 amide bonds. The molecule has 0 radical (unpaired) electrons. The summed E-state index contributed by atoms with van der Waals surface area (Å²) < 4.78 is 27.8. The molecular formula is C13H10N2O4S. The SMILES string of the molecule is O=S1(=O)N=C(c2ccc(O)cc2O)Nc2ccccc21. The van der Waals surface area contributed by atoms with Crippen molar-refractivity contribution in [3.05, 3.63) is 48.0 Å². The predicted molar refractivity (Wildman–Crippen MR) is 73.6 cm³/mol. The number of hydrogen-bond donors (Lipinski definition) is 3. The smallest absolute Gasteiger partial charge is 0.286 e. The Morgan fingerprint density at radius 1 is 1.05 bits per heavy atom. The zero-order valence-electron chi connectivity index (χ0n) is 10.1. The Hall–Kier alpha value is -2.54. The number of aromatic hydroxyl groups is 2. The van der Waals surface area contributed by atoms with Crippen molar-refractivity contribution in [1.82, 2.24) is 0 Å². The predicted octanol–water partition coefficient (Wildman–Crippen LogP) is 1.66. The monoisotopic (exact) mass is 290 g/mol.